The van der Waals surface area contributed by atoms with Gasteiger partial charge >= 0.3 is 0 Å². The van der Waals surface area contributed by atoms with Gasteiger partial charge in [0, 0.05) is 23.7 Å². The summed E-state index contributed by atoms with van der Waals surface area (Å²) in [4.78, 5) is 72.6. The maximum atomic E-state index is 16.3. The van der Waals surface area contributed by atoms with Crippen LogP contribution in [-0.2, 0) is 22.4 Å². The molecule has 6 aromatic rings. The van der Waals surface area contributed by atoms with E-state index in [1.54, 1.807) is 22.7 Å². The Balaban J connectivity index is 1.17. The molecule has 8 rings (SSSR count). The van der Waals surface area contributed by atoms with Gasteiger partial charge < -0.3 is 9.80 Å². The Morgan fingerprint density at radius 2 is 0.598 bits per heavy atom. The molecule has 0 atom stereocenters. The molecule has 8 nitrogen and oxygen atoms in total. The van der Waals surface area contributed by atoms with Crippen LogP contribution in [0.15, 0.2) is 69.3 Å². The van der Waals surface area contributed by atoms with E-state index in [0.29, 0.717) is 59.2 Å². The molecule has 6 aromatic heterocycles. The zero-order valence-corrected chi connectivity index (χ0v) is 75.2. The first kappa shape index (κ1) is 92.7. The Bertz CT molecular complexity index is 3790. The van der Waals surface area contributed by atoms with E-state index >= 15 is 19.2 Å². The summed E-state index contributed by atoms with van der Waals surface area (Å²) in [6.07, 6.45) is 72.2. The van der Waals surface area contributed by atoms with Crippen molar-refractivity contribution in [1.82, 2.24) is 18.6 Å². The van der Waals surface area contributed by atoms with E-state index in [1.165, 1.54) is 307 Å². The Labute approximate surface area is 692 Å². The molecule has 0 unspecified atom stereocenters. The summed E-state index contributed by atoms with van der Waals surface area (Å²) in [5.41, 5.74) is 8.09. The van der Waals surface area contributed by atoms with Gasteiger partial charge in [-0.05, 0) is 122 Å². The van der Waals surface area contributed by atoms with Crippen molar-refractivity contribution in [3.8, 4) is 10.6 Å². The number of carbonyl (C=O) groups excluding carboxylic acids is 2. The first-order chi connectivity index (χ1) is 54.8. The normalized spacial score (nSPS) is 13.6. The Morgan fingerprint density at radius 3 is 0.955 bits per heavy atom. The third-order valence-corrected chi connectivity index (χ3v) is 28.3. The number of fused-ring (bicyclic) bond motifs is 4. The molecule has 0 saturated heterocycles. The summed E-state index contributed by atoms with van der Waals surface area (Å²) < 4.78 is 3.96. The number of pyridine rings is 2. The van der Waals surface area contributed by atoms with E-state index in [2.05, 4.69) is 123 Å². The van der Waals surface area contributed by atoms with Crippen molar-refractivity contribution >= 4 is 67.7 Å². The van der Waals surface area contributed by atoms with Crippen LogP contribution in [0.5, 0.6) is 0 Å². The molecule has 0 aliphatic carbocycles. The molecular formula is C102H162N4O4S2. The highest BCUT2D eigenvalue weighted by Gasteiger charge is 2.49. The molecule has 0 saturated carbocycles. The highest BCUT2D eigenvalue weighted by Crippen LogP contribution is 2.50. The number of amides is 2. The van der Waals surface area contributed by atoms with Crippen LogP contribution in [0.25, 0.3) is 43.8 Å². The monoisotopic (exact) mass is 1570 g/mol. The van der Waals surface area contributed by atoms with E-state index in [4.69, 9.17) is 0 Å². The maximum absolute atomic E-state index is 16.3. The fraction of sp³-hybridized carbons (Fsp3) is 0.725. The Morgan fingerprint density at radius 1 is 0.295 bits per heavy atom. The maximum Gasteiger partial charge on any atom is 0.264 e. The van der Waals surface area contributed by atoms with Gasteiger partial charge in [0.1, 0.15) is 0 Å². The number of thiophene rings is 2. The molecule has 0 bridgehead atoms. The molecule has 626 valence electrons. The van der Waals surface area contributed by atoms with Crippen LogP contribution in [-0.4, -0.2) is 43.5 Å². The summed E-state index contributed by atoms with van der Waals surface area (Å²) in [7, 11) is 0. The lowest BCUT2D eigenvalue weighted by Crippen LogP contribution is -2.30. The summed E-state index contributed by atoms with van der Waals surface area (Å²) in [6.45, 7) is 23.8. The van der Waals surface area contributed by atoms with Gasteiger partial charge in [-0.15, -0.1) is 22.7 Å². The molecule has 10 heteroatoms. The van der Waals surface area contributed by atoms with Crippen molar-refractivity contribution in [3.63, 3.8) is 0 Å². The summed E-state index contributed by atoms with van der Waals surface area (Å²) >= 11 is 3.38. The molecule has 8 heterocycles. The van der Waals surface area contributed by atoms with Gasteiger partial charge in [-0.2, -0.15) is 0 Å². The van der Waals surface area contributed by atoms with Crippen molar-refractivity contribution in [3.05, 3.63) is 112 Å². The van der Waals surface area contributed by atoms with Gasteiger partial charge in [0.25, 0.3) is 22.9 Å². The smallest absolute Gasteiger partial charge is 0.264 e. The van der Waals surface area contributed by atoms with E-state index in [-0.39, 0.29) is 28.9 Å². The van der Waals surface area contributed by atoms with Gasteiger partial charge in [-0.25, -0.2) is 0 Å². The highest BCUT2D eigenvalue weighted by atomic mass is 32.1. The molecule has 0 spiro atoms. The summed E-state index contributed by atoms with van der Waals surface area (Å²) in [5, 5.41) is 1.22. The van der Waals surface area contributed by atoms with Gasteiger partial charge in [0.15, 0.2) is 0 Å². The van der Waals surface area contributed by atoms with Crippen LogP contribution in [0.4, 0.5) is 0 Å². The van der Waals surface area contributed by atoms with Gasteiger partial charge in [0.05, 0.1) is 64.7 Å². The van der Waals surface area contributed by atoms with Crippen LogP contribution >= 0.6 is 22.7 Å². The van der Waals surface area contributed by atoms with Crippen molar-refractivity contribution in [2.24, 2.45) is 11.8 Å². The van der Waals surface area contributed by atoms with Crippen LogP contribution in [0.1, 0.15) is 472 Å². The van der Waals surface area contributed by atoms with Crippen LogP contribution in [0.2, 0.25) is 0 Å². The third-order valence-electron chi connectivity index (χ3n) is 25.8. The van der Waals surface area contributed by atoms with Gasteiger partial charge in [0.2, 0.25) is 0 Å². The predicted molar refractivity (Wildman–Crippen MR) is 490 cm³/mol. The van der Waals surface area contributed by atoms with Gasteiger partial charge in [-0.1, -0.05) is 403 Å². The minimum absolute atomic E-state index is 0.0359. The van der Waals surface area contributed by atoms with E-state index < -0.39 is 0 Å². The zero-order chi connectivity index (χ0) is 79.7. The molecule has 2 aliphatic rings. The number of unbranched alkanes of at least 4 members (excludes halogenated alkanes) is 42. The number of rotatable bonds is 67. The minimum atomic E-state index is -0.114. The molecule has 0 aromatic carbocycles. The fourth-order valence-electron chi connectivity index (χ4n) is 19.0. The number of carbonyl (C=O) groups is 2. The second kappa shape index (κ2) is 52.8. The first-order valence-corrected chi connectivity index (χ1v) is 49.8. The van der Waals surface area contributed by atoms with E-state index in [9.17, 15) is 0 Å². The van der Waals surface area contributed by atoms with Crippen molar-refractivity contribution < 1.29 is 9.59 Å². The topological polar surface area (TPSA) is 83.6 Å². The molecular weight excluding hydrogens is 1410 g/mol. The quantitative estimate of drug-likeness (QED) is 0.0356. The minimum Gasteiger partial charge on any atom is -0.306 e. The van der Waals surface area contributed by atoms with E-state index in [0.717, 1.165) is 124 Å². The Kier molecular flexibility index (Phi) is 43.7. The van der Waals surface area contributed by atoms with Crippen LogP contribution in [0.3, 0.4) is 0 Å². The standard InChI is InChI=1S/C102H162N4O4S2/c1-11-17-23-29-35-41-45-51-61-81(62-52-46-42-36-30-24-18-12-2)65-57-59-77-103-97(91-75-73-89(111-91)80(9)10)95-96(100(103)108)98(104(99(95)107)78-60-58-66-82(63-53-47-43-37-31-25-19-13-3)64-54-48-44-38-32-26-20-14-4)92-76-74-90(112-92)88-72-71-87-84(68-56-50-40-34-28-22-16-6)93-94(102(110)106(87)88)83(67-55-49-39-33-27-21-15-5)86-70-69-85(79(7)8)105(86)101(93)109/h69-76,79-82H,11-68,77-78H2,1-10H3. The molecule has 0 N–H and O–H groups in total. The molecule has 0 radical (unpaired) electrons. The average molecular weight is 1570 g/mol. The predicted octanol–water partition coefficient (Wildman–Crippen LogP) is 31.6. The van der Waals surface area contributed by atoms with E-state index in [1.807, 2.05) is 13.7 Å². The summed E-state index contributed by atoms with van der Waals surface area (Å²) in [5.74, 6) is 1.77. The number of hydrogen-bond donors (Lipinski definition) is 0. The molecule has 112 heavy (non-hydrogen) atoms. The van der Waals surface area contributed by atoms with Crippen molar-refractivity contribution in [1.29, 1.82) is 0 Å². The SMILES string of the molecule is CCCCCCCCCCC(CCCCCCCCCC)CCCCN1C(=O)C2=C(c3ccc(C(C)C)s3)N(CCCCC(CCCCCCCCCC)CCCCCCCCCC)C(=O)C2=C1c1ccc(-c2ccc3c(CCCCCCCCC)c4c(=O)n5c(C(C)C)ccc5c(CCCCCCCCC)c4c(=O)n23)s1. The van der Waals surface area contributed by atoms with Crippen LogP contribution in [0, 0.1) is 11.8 Å². The number of nitrogens with zero attached hydrogens (tertiary/aromatic N) is 4. The number of aromatic nitrogens is 2. The zero-order valence-electron chi connectivity index (χ0n) is 73.6. The Hall–Kier alpha value is -4.80. The molecule has 2 amide bonds. The third kappa shape index (κ3) is 27.7. The first-order valence-electron chi connectivity index (χ1n) is 48.2. The molecule has 2 aliphatic heterocycles. The number of aryl methyl sites for hydroxylation is 2. The lowest BCUT2D eigenvalue weighted by Gasteiger charge is -2.25. The second-order valence-electron chi connectivity index (χ2n) is 35.8. The van der Waals surface area contributed by atoms with Crippen LogP contribution < -0.4 is 11.1 Å². The lowest BCUT2D eigenvalue weighted by atomic mass is 9.89. The second-order valence-corrected chi connectivity index (χ2v) is 38.0. The van der Waals surface area contributed by atoms with Gasteiger partial charge in [-0.3, -0.25) is 28.0 Å². The average Bonchev–Trinajstić information content (AvgIpc) is 1.46. The fourth-order valence-corrected chi connectivity index (χ4v) is 21.1. The van der Waals surface area contributed by atoms with Crippen molar-refractivity contribution in [2.75, 3.05) is 13.1 Å². The lowest BCUT2D eigenvalue weighted by molar-refractivity contribution is -0.124. The van der Waals surface area contributed by atoms with Crippen molar-refractivity contribution in [2.45, 2.75) is 453 Å². The summed E-state index contributed by atoms with van der Waals surface area (Å²) in [6, 6.07) is 17.3. The highest BCUT2D eigenvalue weighted by molar-refractivity contribution is 7.16. The molecule has 0 fully saturated rings. The number of hydrogen-bond acceptors (Lipinski definition) is 6. The largest absolute Gasteiger partial charge is 0.306 e.